The molecule has 2 aliphatic rings. The van der Waals surface area contributed by atoms with Gasteiger partial charge in [-0.25, -0.2) is 0 Å². The standard InChI is InChI=1S/C21H20O2/c1-22-18-7-3-5-14(12-18)20-16-9-10-17(11-16)21(20)15-6-4-8-19(13-15)23-2/h3-10,12-13,16-17H,11H2,1-2H3/t16-,17+. The quantitative estimate of drug-likeness (QED) is 0.754. The van der Waals surface area contributed by atoms with Crippen molar-refractivity contribution in [2.75, 3.05) is 14.2 Å². The molecule has 4 rings (SSSR count). The largest absolute Gasteiger partial charge is 0.497 e. The van der Waals surface area contributed by atoms with Gasteiger partial charge in [-0.2, -0.15) is 0 Å². The van der Waals surface area contributed by atoms with E-state index in [1.807, 2.05) is 12.1 Å². The molecule has 0 N–H and O–H groups in total. The molecule has 23 heavy (non-hydrogen) atoms. The van der Waals surface area contributed by atoms with Crippen LogP contribution in [-0.4, -0.2) is 14.2 Å². The van der Waals surface area contributed by atoms with E-state index in [2.05, 4.69) is 48.6 Å². The number of hydrogen-bond donors (Lipinski definition) is 0. The minimum atomic E-state index is 0.508. The molecule has 0 aromatic heterocycles. The van der Waals surface area contributed by atoms with E-state index in [0.717, 1.165) is 11.5 Å². The van der Waals surface area contributed by atoms with Crippen molar-refractivity contribution in [2.45, 2.75) is 6.42 Å². The first-order chi connectivity index (χ1) is 11.3. The molecule has 0 aliphatic heterocycles. The summed E-state index contributed by atoms with van der Waals surface area (Å²) in [5.74, 6) is 2.83. The van der Waals surface area contributed by atoms with Gasteiger partial charge in [0.25, 0.3) is 0 Å². The average molecular weight is 304 g/mol. The van der Waals surface area contributed by atoms with Gasteiger partial charge in [0.05, 0.1) is 14.2 Å². The first-order valence-corrected chi connectivity index (χ1v) is 8.01. The third-order valence-corrected chi connectivity index (χ3v) is 4.88. The molecule has 0 spiro atoms. The zero-order valence-corrected chi connectivity index (χ0v) is 13.5. The summed E-state index contributed by atoms with van der Waals surface area (Å²) in [7, 11) is 3.44. The maximum atomic E-state index is 5.41. The van der Waals surface area contributed by atoms with Crippen LogP contribution in [0.3, 0.4) is 0 Å². The van der Waals surface area contributed by atoms with Crippen molar-refractivity contribution in [1.82, 2.24) is 0 Å². The predicted octanol–water partition coefficient (Wildman–Crippen LogP) is 4.82. The second kappa shape index (κ2) is 5.62. The van der Waals surface area contributed by atoms with E-state index in [-0.39, 0.29) is 0 Å². The molecule has 116 valence electrons. The van der Waals surface area contributed by atoms with Gasteiger partial charge in [0.1, 0.15) is 11.5 Å². The zero-order valence-electron chi connectivity index (χ0n) is 13.5. The summed E-state index contributed by atoms with van der Waals surface area (Å²) in [6, 6.07) is 16.8. The van der Waals surface area contributed by atoms with Crippen LogP contribution < -0.4 is 9.47 Å². The van der Waals surface area contributed by atoms with Gasteiger partial charge >= 0.3 is 0 Å². The monoisotopic (exact) mass is 304 g/mol. The highest BCUT2D eigenvalue weighted by atomic mass is 16.5. The maximum absolute atomic E-state index is 5.41. The lowest BCUT2D eigenvalue weighted by molar-refractivity contribution is 0.414. The number of benzene rings is 2. The molecule has 0 fully saturated rings. The van der Waals surface area contributed by atoms with E-state index in [9.17, 15) is 0 Å². The number of rotatable bonds is 4. The Hall–Kier alpha value is -2.48. The molecule has 2 heteroatoms. The van der Waals surface area contributed by atoms with Crippen LogP contribution in [0.4, 0.5) is 0 Å². The Morgan fingerprint density at radius 1 is 0.739 bits per heavy atom. The second-order valence-corrected chi connectivity index (χ2v) is 6.12. The maximum Gasteiger partial charge on any atom is 0.119 e. The zero-order chi connectivity index (χ0) is 15.8. The summed E-state index contributed by atoms with van der Waals surface area (Å²) in [6.45, 7) is 0. The van der Waals surface area contributed by atoms with Gasteiger partial charge in [0.15, 0.2) is 0 Å². The molecule has 2 aliphatic carbocycles. The third-order valence-electron chi connectivity index (χ3n) is 4.88. The van der Waals surface area contributed by atoms with Crippen LogP contribution in [0.1, 0.15) is 17.5 Å². The summed E-state index contributed by atoms with van der Waals surface area (Å²) in [5, 5.41) is 0. The van der Waals surface area contributed by atoms with E-state index in [0.29, 0.717) is 11.8 Å². The van der Waals surface area contributed by atoms with Crippen molar-refractivity contribution in [2.24, 2.45) is 11.8 Å². The molecular weight excluding hydrogens is 284 g/mol. The predicted molar refractivity (Wildman–Crippen MR) is 93.5 cm³/mol. The number of hydrogen-bond acceptors (Lipinski definition) is 2. The van der Waals surface area contributed by atoms with Crippen LogP contribution in [0, 0.1) is 11.8 Å². The highest BCUT2D eigenvalue weighted by Gasteiger charge is 2.36. The highest BCUT2D eigenvalue weighted by molar-refractivity contribution is 5.98. The Morgan fingerprint density at radius 3 is 1.65 bits per heavy atom. The Morgan fingerprint density at radius 2 is 1.22 bits per heavy atom. The first-order valence-electron chi connectivity index (χ1n) is 8.01. The highest BCUT2D eigenvalue weighted by Crippen LogP contribution is 2.52. The van der Waals surface area contributed by atoms with E-state index in [1.54, 1.807) is 14.2 Å². The minimum absolute atomic E-state index is 0.508. The van der Waals surface area contributed by atoms with Crippen molar-refractivity contribution < 1.29 is 9.47 Å². The summed E-state index contributed by atoms with van der Waals surface area (Å²) in [5.41, 5.74) is 5.40. The second-order valence-electron chi connectivity index (χ2n) is 6.12. The summed E-state index contributed by atoms with van der Waals surface area (Å²) < 4.78 is 10.8. The lowest BCUT2D eigenvalue weighted by atomic mass is 9.87. The van der Waals surface area contributed by atoms with Crippen LogP contribution >= 0.6 is 0 Å². The Balaban J connectivity index is 1.87. The van der Waals surface area contributed by atoms with Crippen LogP contribution in [0.5, 0.6) is 11.5 Å². The summed E-state index contributed by atoms with van der Waals surface area (Å²) in [6.07, 6.45) is 5.88. The molecule has 2 aromatic rings. The third kappa shape index (κ3) is 2.35. The molecule has 0 heterocycles. The van der Waals surface area contributed by atoms with Gasteiger partial charge in [0, 0.05) is 11.8 Å². The van der Waals surface area contributed by atoms with Crippen LogP contribution in [0.15, 0.2) is 60.7 Å². The SMILES string of the molecule is COc1cccc(C2=C(c3cccc(OC)c3)[C@H]3C=C[C@@H]2C3)c1. The molecule has 0 unspecified atom stereocenters. The number of methoxy groups -OCH3 is 2. The molecule has 2 nitrogen and oxygen atoms in total. The fourth-order valence-corrected chi connectivity index (χ4v) is 3.85. The minimum Gasteiger partial charge on any atom is -0.497 e. The molecule has 2 bridgehead atoms. The molecule has 0 saturated carbocycles. The normalized spacial score (nSPS) is 21.8. The van der Waals surface area contributed by atoms with E-state index in [1.165, 1.54) is 28.7 Å². The smallest absolute Gasteiger partial charge is 0.119 e. The van der Waals surface area contributed by atoms with Crippen LogP contribution in [-0.2, 0) is 0 Å². The Kier molecular flexibility index (Phi) is 3.45. The summed E-state index contributed by atoms with van der Waals surface area (Å²) in [4.78, 5) is 0. The Bertz CT molecular complexity index is 735. The fraction of sp³-hybridized carbons (Fsp3) is 0.238. The number of ether oxygens (including phenoxy) is 2. The number of allylic oxidation sites excluding steroid dienone is 4. The lowest BCUT2D eigenvalue weighted by Crippen LogP contribution is -1.99. The summed E-state index contributed by atoms with van der Waals surface area (Å²) >= 11 is 0. The van der Waals surface area contributed by atoms with Crippen molar-refractivity contribution in [3.63, 3.8) is 0 Å². The Labute approximate surface area is 137 Å². The molecular formula is C21H20O2. The fourth-order valence-electron chi connectivity index (χ4n) is 3.85. The van der Waals surface area contributed by atoms with Crippen LogP contribution in [0.2, 0.25) is 0 Å². The molecule has 2 atom stereocenters. The van der Waals surface area contributed by atoms with Gasteiger partial charge in [0.2, 0.25) is 0 Å². The van der Waals surface area contributed by atoms with E-state index in [4.69, 9.17) is 9.47 Å². The molecule has 2 aromatic carbocycles. The molecule has 0 radical (unpaired) electrons. The van der Waals surface area contributed by atoms with Gasteiger partial charge in [-0.1, -0.05) is 36.4 Å². The van der Waals surface area contributed by atoms with E-state index >= 15 is 0 Å². The van der Waals surface area contributed by atoms with Crippen molar-refractivity contribution >= 4 is 11.1 Å². The van der Waals surface area contributed by atoms with Crippen molar-refractivity contribution in [3.8, 4) is 11.5 Å². The lowest BCUT2D eigenvalue weighted by Gasteiger charge is -2.18. The van der Waals surface area contributed by atoms with Gasteiger partial charge in [-0.15, -0.1) is 0 Å². The molecule has 0 amide bonds. The number of fused-ring (bicyclic) bond motifs is 2. The molecule has 0 saturated heterocycles. The van der Waals surface area contributed by atoms with E-state index < -0.39 is 0 Å². The first kappa shape index (κ1) is 14.1. The van der Waals surface area contributed by atoms with Gasteiger partial charge in [-0.05, 0) is 53.0 Å². The van der Waals surface area contributed by atoms with Crippen molar-refractivity contribution in [1.29, 1.82) is 0 Å². The average Bonchev–Trinajstić information content (AvgIpc) is 3.23. The van der Waals surface area contributed by atoms with Crippen molar-refractivity contribution in [3.05, 3.63) is 71.8 Å². The van der Waals surface area contributed by atoms with Gasteiger partial charge < -0.3 is 9.47 Å². The van der Waals surface area contributed by atoms with Crippen LogP contribution in [0.25, 0.3) is 11.1 Å². The topological polar surface area (TPSA) is 18.5 Å². The van der Waals surface area contributed by atoms with Gasteiger partial charge in [-0.3, -0.25) is 0 Å².